The standard InChI is InChI=1S/C16H20N2O/c17-11-14-8-6-13(7-9-14)10-16(19)18-12-15-4-2-1-3-5-15/h6-9,15H,1-5,10,12H2,(H,18,19). The number of rotatable bonds is 4. The van der Waals surface area contributed by atoms with Crippen LogP contribution in [0.1, 0.15) is 43.2 Å². The number of nitrogens with one attached hydrogen (secondary N) is 1. The average molecular weight is 256 g/mol. The minimum absolute atomic E-state index is 0.0790. The van der Waals surface area contributed by atoms with Gasteiger partial charge in [-0.25, -0.2) is 0 Å². The quantitative estimate of drug-likeness (QED) is 0.900. The maximum absolute atomic E-state index is 11.8. The van der Waals surface area contributed by atoms with Crippen LogP contribution in [-0.2, 0) is 11.2 Å². The lowest BCUT2D eigenvalue weighted by Crippen LogP contribution is -2.31. The molecule has 0 spiro atoms. The second-order valence-electron chi connectivity index (χ2n) is 5.29. The molecule has 1 amide bonds. The lowest BCUT2D eigenvalue weighted by molar-refractivity contribution is -0.120. The predicted octanol–water partition coefficient (Wildman–Crippen LogP) is 2.80. The Hall–Kier alpha value is -1.82. The minimum Gasteiger partial charge on any atom is -0.356 e. The van der Waals surface area contributed by atoms with Crippen molar-refractivity contribution >= 4 is 5.91 Å². The number of carbonyl (C=O) groups excluding carboxylic acids is 1. The highest BCUT2D eigenvalue weighted by Crippen LogP contribution is 2.22. The monoisotopic (exact) mass is 256 g/mol. The van der Waals surface area contributed by atoms with Gasteiger partial charge in [-0.2, -0.15) is 5.26 Å². The van der Waals surface area contributed by atoms with E-state index in [0.717, 1.165) is 12.1 Å². The van der Waals surface area contributed by atoms with Crippen molar-refractivity contribution in [3.8, 4) is 6.07 Å². The Morgan fingerprint density at radius 3 is 2.53 bits per heavy atom. The first kappa shape index (κ1) is 13.6. The fourth-order valence-electron chi connectivity index (χ4n) is 2.59. The molecule has 0 aliphatic heterocycles. The average Bonchev–Trinajstić information content (AvgIpc) is 2.47. The lowest BCUT2D eigenvalue weighted by atomic mass is 9.89. The van der Waals surface area contributed by atoms with Crippen LogP contribution in [0.4, 0.5) is 0 Å². The SMILES string of the molecule is N#Cc1ccc(CC(=O)NCC2CCCCC2)cc1. The summed E-state index contributed by atoms with van der Waals surface area (Å²) in [5, 5.41) is 11.7. The highest BCUT2D eigenvalue weighted by atomic mass is 16.1. The molecule has 1 fully saturated rings. The Morgan fingerprint density at radius 2 is 1.89 bits per heavy atom. The van der Waals surface area contributed by atoms with E-state index in [1.54, 1.807) is 12.1 Å². The van der Waals surface area contributed by atoms with Crippen molar-refractivity contribution in [1.29, 1.82) is 5.26 Å². The molecule has 1 N–H and O–H groups in total. The maximum atomic E-state index is 11.8. The number of nitriles is 1. The van der Waals surface area contributed by atoms with Crippen molar-refractivity contribution in [2.45, 2.75) is 38.5 Å². The van der Waals surface area contributed by atoms with Gasteiger partial charge in [0.05, 0.1) is 18.1 Å². The molecular weight excluding hydrogens is 236 g/mol. The number of amides is 1. The first-order valence-electron chi connectivity index (χ1n) is 7.03. The van der Waals surface area contributed by atoms with Crippen LogP contribution in [0.25, 0.3) is 0 Å². The zero-order chi connectivity index (χ0) is 13.5. The van der Waals surface area contributed by atoms with E-state index >= 15 is 0 Å². The predicted molar refractivity (Wildman–Crippen MR) is 74.4 cm³/mol. The summed E-state index contributed by atoms with van der Waals surface area (Å²) in [7, 11) is 0. The third-order valence-corrected chi connectivity index (χ3v) is 3.76. The van der Waals surface area contributed by atoms with E-state index in [-0.39, 0.29) is 5.91 Å². The second kappa shape index (κ2) is 6.94. The smallest absolute Gasteiger partial charge is 0.224 e. The Bertz CT molecular complexity index is 453. The second-order valence-corrected chi connectivity index (χ2v) is 5.29. The zero-order valence-electron chi connectivity index (χ0n) is 11.2. The first-order chi connectivity index (χ1) is 9.28. The third kappa shape index (κ3) is 4.40. The van der Waals surface area contributed by atoms with E-state index in [0.29, 0.717) is 17.9 Å². The molecular formula is C16H20N2O. The molecule has 0 radical (unpaired) electrons. The Morgan fingerprint density at radius 1 is 1.21 bits per heavy atom. The molecule has 19 heavy (non-hydrogen) atoms. The molecule has 1 saturated carbocycles. The van der Waals surface area contributed by atoms with Crippen LogP contribution in [0, 0.1) is 17.2 Å². The summed E-state index contributed by atoms with van der Waals surface area (Å²) in [5.41, 5.74) is 1.59. The topological polar surface area (TPSA) is 52.9 Å². The van der Waals surface area contributed by atoms with Gasteiger partial charge in [-0.3, -0.25) is 4.79 Å². The molecule has 1 aliphatic rings. The molecule has 0 saturated heterocycles. The van der Waals surface area contributed by atoms with Crippen molar-refractivity contribution in [1.82, 2.24) is 5.32 Å². The molecule has 1 aromatic rings. The van der Waals surface area contributed by atoms with Gasteiger partial charge < -0.3 is 5.32 Å². The van der Waals surface area contributed by atoms with E-state index < -0.39 is 0 Å². The number of hydrogen-bond acceptors (Lipinski definition) is 2. The van der Waals surface area contributed by atoms with E-state index in [2.05, 4.69) is 11.4 Å². The summed E-state index contributed by atoms with van der Waals surface area (Å²) in [6.07, 6.45) is 6.84. The Labute approximate surface area is 114 Å². The molecule has 1 aromatic carbocycles. The molecule has 0 bridgehead atoms. The van der Waals surface area contributed by atoms with Gasteiger partial charge in [-0.1, -0.05) is 31.4 Å². The first-order valence-corrected chi connectivity index (χ1v) is 7.03. The number of benzene rings is 1. The van der Waals surface area contributed by atoms with Gasteiger partial charge in [0.25, 0.3) is 0 Å². The molecule has 2 rings (SSSR count). The molecule has 100 valence electrons. The van der Waals surface area contributed by atoms with Crippen molar-refractivity contribution in [3.05, 3.63) is 35.4 Å². The van der Waals surface area contributed by atoms with Crippen molar-refractivity contribution in [2.75, 3.05) is 6.54 Å². The summed E-state index contributed by atoms with van der Waals surface area (Å²) in [6.45, 7) is 0.815. The third-order valence-electron chi connectivity index (χ3n) is 3.76. The van der Waals surface area contributed by atoms with Crippen molar-refractivity contribution < 1.29 is 4.79 Å². The van der Waals surface area contributed by atoms with Crippen LogP contribution < -0.4 is 5.32 Å². The number of hydrogen-bond donors (Lipinski definition) is 1. The van der Waals surface area contributed by atoms with Crippen LogP contribution in [0.5, 0.6) is 0 Å². The summed E-state index contributed by atoms with van der Waals surface area (Å²) in [4.78, 5) is 11.8. The van der Waals surface area contributed by atoms with Gasteiger partial charge in [0.15, 0.2) is 0 Å². The number of nitrogens with zero attached hydrogens (tertiary/aromatic N) is 1. The normalized spacial score (nSPS) is 15.7. The van der Waals surface area contributed by atoms with Gasteiger partial charge in [-0.15, -0.1) is 0 Å². The van der Waals surface area contributed by atoms with Gasteiger partial charge in [0, 0.05) is 6.54 Å². The van der Waals surface area contributed by atoms with Gasteiger partial charge in [0.1, 0.15) is 0 Å². The summed E-state index contributed by atoms with van der Waals surface area (Å²) < 4.78 is 0. The molecule has 3 nitrogen and oxygen atoms in total. The van der Waals surface area contributed by atoms with Crippen LogP contribution in [0.3, 0.4) is 0 Å². The molecule has 1 aliphatic carbocycles. The highest BCUT2D eigenvalue weighted by molar-refractivity contribution is 5.78. The lowest BCUT2D eigenvalue weighted by Gasteiger charge is -2.21. The molecule has 3 heteroatoms. The molecule has 0 atom stereocenters. The van der Waals surface area contributed by atoms with E-state index in [9.17, 15) is 4.79 Å². The van der Waals surface area contributed by atoms with Gasteiger partial charge in [-0.05, 0) is 36.5 Å². The van der Waals surface area contributed by atoms with Gasteiger partial charge in [0.2, 0.25) is 5.91 Å². The summed E-state index contributed by atoms with van der Waals surface area (Å²) in [5.74, 6) is 0.744. The summed E-state index contributed by atoms with van der Waals surface area (Å²) in [6, 6.07) is 9.27. The highest BCUT2D eigenvalue weighted by Gasteiger charge is 2.14. The van der Waals surface area contributed by atoms with E-state index in [1.165, 1.54) is 32.1 Å². The van der Waals surface area contributed by atoms with Crippen LogP contribution in [-0.4, -0.2) is 12.5 Å². The Kier molecular flexibility index (Phi) is 4.97. The largest absolute Gasteiger partial charge is 0.356 e. The molecule has 0 aromatic heterocycles. The van der Waals surface area contributed by atoms with Crippen LogP contribution in [0.2, 0.25) is 0 Å². The zero-order valence-corrected chi connectivity index (χ0v) is 11.2. The summed E-state index contributed by atoms with van der Waals surface area (Å²) >= 11 is 0. The van der Waals surface area contributed by atoms with Crippen molar-refractivity contribution in [2.24, 2.45) is 5.92 Å². The maximum Gasteiger partial charge on any atom is 0.224 e. The van der Waals surface area contributed by atoms with Gasteiger partial charge >= 0.3 is 0 Å². The van der Waals surface area contributed by atoms with Crippen LogP contribution in [0.15, 0.2) is 24.3 Å². The number of carbonyl (C=O) groups is 1. The van der Waals surface area contributed by atoms with Crippen molar-refractivity contribution in [3.63, 3.8) is 0 Å². The fraction of sp³-hybridized carbons (Fsp3) is 0.500. The minimum atomic E-state index is 0.0790. The van der Waals surface area contributed by atoms with E-state index in [4.69, 9.17) is 5.26 Å². The van der Waals surface area contributed by atoms with E-state index in [1.807, 2.05) is 12.1 Å². The Balaban J connectivity index is 1.75. The van der Waals surface area contributed by atoms with Crippen LogP contribution >= 0.6 is 0 Å². The molecule has 0 heterocycles. The molecule has 0 unspecified atom stereocenters. The fourth-order valence-corrected chi connectivity index (χ4v) is 2.59.